The fourth-order valence-electron chi connectivity index (χ4n) is 3.44. The summed E-state index contributed by atoms with van der Waals surface area (Å²) in [5.74, 6) is 0.788. The zero-order valence-corrected chi connectivity index (χ0v) is 21.5. The van der Waals surface area contributed by atoms with Crippen molar-refractivity contribution in [3.05, 3.63) is 90.5 Å². The molecule has 194 valence electrons. The zero-order valence-electron chi connectivity index (χ0n) is 20.7. The number of nitrogens with one attached hydrogen (secondary N) is 2. The van der Waals surface area contributed by atoms with Crippen molar-refractivity contribution in [2.24, 2.45) is 0 Å². The molecule has 0 aromatic heterocycles. The molecule has 0 saturated carbocycles. The molecule has 7 nitrogen and oxygen atoms in total. The summed E-state index contributed by atoms with van der Waals surface area (Å²) in [6.07, 6.45) is 2.35. The molecule has 2 N–H and O–H groups in total. The highest BCUT2D eigenvalue weighted by atomic mass is 32.1. The lowest BCUT2D eigenvalue weighted by atomic mass is 10.1. The van der Waals surface area contributed by atoms with Gasteiger partial charge >= 0.3 is 5.97 Å². The van der Waals surface area contributed by atoms with Gasteiger partial charge in [-0.15, -0.1) is 0 Å². The maximum Gasteiger partial charge on any atom is 0.305 e. The van der Waals surface area contributed by atoms with Crippen molar-refractivity contribution in [1.29, 1.82) is 0 Å². The van der Waals surface area contributed by atoms with Crippen LogP contribution in [0.1, 0.15) is 31.2 Å². The van der Waals surface area contributed by atoms with E-state index in [0.717, 1.165) is 18.6 Å². The number of amides is 1. The lowest BCUT2D eigenvalue weighted by molar-refractivity contribution is -0.143. The van der Waals surface area contributed by atoms with Gasteiger partial charge in [-0.05, 0) is 61.3 Å². The zero-order chi connectivity index (χ0) is 26.1. The molecule has 0 aliphatic carbocycles. The number of carbonyl (C=O) groups is 2. The van der Waals surface area contributed by atoms with Crippen LogP contribution in [0.25, 0.3) is 0 Å². The van der Waals surface area contributed by atoms with Crippen LogP contribution in [-0.4, -0.2) is 36.8 Å². The van der Waals surface area contributed by atoms with Crippen molar-refractivity contribution in [3.8, 4) is 11.5 Å². The number of aryl methyl sites for hydroxylation is 1. The van der Waals surface area contributed by atoms with E-state index in [1.165, 1.54) is 5.56 Å². The Labute approximate surface area is 223 Å². The largest absolute Gasteiger partial charge is 0.490 e. The highest BCUT2D eigenvalue weighted by molar-refractivity contribution is 7.80. The fourth-order valence-corrected chi connectivity index (χ4v) is 3.66. The molecule has 8 heteroatoms. The van der Waals surface area contributed by atoms with Crippen molar-refractivity contribution >= 4 is 34.9 Å². The monoisotopic (exact) mass is 520 g/mol. The summed E-state index contributed by atoms with van der Waals surface area (Å²) in [5.41, 5.74) is 1.85. The van der Waals surface area contributed by atoms with Crippen LogP contribution in [0.5, 0.6) is 11.5 Å². The molecule has 0 radical (unpaired) electrons. The Morgan fingerprint density at radius 2 is 1.41 bits per heavy atom. The number of carbonyl (C=O) groups excluding carboxylic acids is 2. The second-order valence-electron chi connectivity index (χ2n) is 8.17. The van der Waals surface area contributed by atoms with Crippen LogP contribution in [0.3, 0.4) is 0 Å². The van der Waals surface area contributed by atoms with Gasteiger partial charge in [0.2, 0.25) is 5.91 Å². The number of anilines is 1. The molecule has 0 aliphatic heterocycles. The average Bonchev–Trinajstić information content (AvgIpc) is 2.91. The van der Waals surface area contributed by atoms with E-state index in [9.17, 15) is 9.59 Å². The summed E-state index contributed by atoms with van der Waals surface area (Å²) < 4.78 is 16.7. The third-order valence-corrected chi connectivity index (χ3v) is 5.45. The normalized spacial score (nSPS) is 10.3. The van der Waals surface area contributed by atoms with Gasteiger partial charge in [-0.25, -0.2) is 0 Å². The van der Waals surface area contributed by atoms with E-state index in [-0.39, 0.29) is 29.8 Å². The number of thiocarbonyl (C=S) groups is 1. The highest BCUT2D eigenvalue weighted by Crippen LogP contribution is 2.23. The molecule has 0 saturated heterocycles. The molecular formula is C29H32N2O5S. The van der Waals surface area contributed by atoms with Crippen LogP contribution in [0.4, 0.5) is 5.69 Å². The van der Waals surface area contributed by atoms with Crippen molar-refractivity contribution in [2.75, 3.05) is 25.1 Å². The molecular weight excluding hydrogens is 488 g/mol. The molecule has 0 fully saturated rings. The summed E-state index contributed by atoms with van der Waals surface area (Å²) >= 11 is 5.27. The highest BCUT2D eigenvalue weighted by Gasteiger charge is 2.10. The summed E-state index contributed by atoms with van der Waals surface area (Å²) in [6, 6.07) is 26.9. The number of rotatable bonds is 14. The van der Waals surface area contributed by atoms with Gasteiger partial charge in [0, 0.05) is 12.8 Å². The van der Waals surface area contributed by atoms with E-state index in [2.05, 4.69) is 10.6 Å². The maximum absolute atomic E-state index is 12.2. The number of benzene rings is 3. The number of hydrogen-bond donors (Lipinski definition) is 2. The van der Waals surface area contributed by atoms with Gasteiger partial charge in [-0.3, -0.25) is 9.59 Å². The number of esters is 1. The molecule has 0 aliphatic rings. The van der Waals surface area contributed by atoms with Crippen molar-refractivity contribution in [3.63, 3.8) is 0 Å². The van der Waals surface area contributed by atoms with Gasteiger partial charge in [0.15, 0.2) is 5.11 Å². The molecule has 0 bridgehead atoms. The molecule has 3 rings (SSSR count). The summed E-state index contributed by atoms with van der Waals surface area (Å²) in [4.78, 5) is 24.1. The second kappa shape index (κ2) is 16.0. The first-order chi connectivity index (χ1) is 18.1. The van der Waals surface area contributed by atoms with Crippen molar-refractivity contribution in [2.45, 2.75) is 32.1 Å². The first-order valence-electron chi connectivity index (χ1n) is 12.3. The second-order valence-corrected chi connectivity index (χ2v) is 8.58. The Balaban J connectivity index is 1.29. The first kappa shape index (κ1) is 27.7. The predicted octanol–water partition coefficient (Wildman–Crippen LogP) is 5.30. The van der Waals surface area contributed by atoms with Gasteiger partial charge in [0.05, 0.1) is 12.3 Å². The predicted molar refractivity (Wildman–Crippen MR) is 148 cm³/mol. The molecule has 0 heterocycles. The minimum absolute atomic E-state index is 0.157. The van der Waals surface area contributed by atoms with Crippen LogP contribution in [-0.2, 0) is 20.7 Å². The van der Waals surface area contributed by atoms with E-state index in [4.69, 9.17) is 26.4 Å². The molecule has 1 amide bonds. The average molecular weight is 521 g/mol. The number of para-hydroxylation sites is 3. The van der Waals surface area contributed by atoms with Crippen LogP contribution in [0.15, 0.2) is 84.9 Å². The van der Waals surface area contributed by atoms with E-state index < -0.39 is 0 Å². The molecule has 0 atom stereocenters. The van der Waals surface area contributed by atoms with E-state index in [1.807, 2.05) is 72.8 Å². The number of ether oxygens (including phenoxy) is 3. The smallest absolute Gasteiger partial charge is 0.305 e. The molecule has 0 unspecified atom stereocenters. The van der Waals surface area contributed by atoms with Crippen LogP contribution < -0.4 is 20.1 Å². The standard InChI is InChI=1S/C29H32N2O5S/c32-27(18-9-19-28(33)36-20-10-13-23-11-3-1-4-12-23)31-29(37)30-25-16-7-8-17-26(25)35-22-21-34-24-14-5-2-6-15-24/h1-8,11-12,14-17H,9-10,13,18-22H2,(H2,30,31,32,37). The van der Waals surface area contributed by atoms with Crippen LogP contribution in [0, 0.1) is 0 Å². The summed E-state index contributed by atoms with van der Waals surface area (Å²) in [5, 5.41) is 5.78. The summed E-state index contributed by atoms with van der Waals surface area (Å²) in [6.45, 7) is 1.10. The molecule has 37 heavy (non-hydrogen) atoms. The lowest BCUT2D eigenvalue weighted by Crippen LogP contribution is -2.34. The Kier molecular flexibility index (Phi) is 11.9. The molecule has 3 aromatic rings. The minimum Gasteiger partial charge on any atom is -0.490 e. The fraction of sp³-hybridized carbons (Fsp3) is 0.276. The molecule has 3 aromatic carbocycles. The maximum atomic E-state index is 12.2. The topological polar surface area (TPSA) is 85.9 Å². The summed E-state index contributed by atoms with van der Waals surface area (Å²) in [7, 11) is 0. The van der Waals surface area contributed by atoms with E-state index >= 15 is 0 Å². The number of hydrogen-bond acceptors (Lipinski definition) is 6. The van der Waals surface area contributed by atoms with Gasteiger partial charge in [-0.1, -0.05) is 60.7 Å². The third kappa shape index (κ3) is 11.1. The lowest BCUT2D eigenvalue weighted by Gasteiger charge is -2.14. The van der Waals surface area contributed by atoms with Crippen molar-refractivity contribution in [1.82, 2.24) is 5.32 Å². The van der Waals surface area contributed by atoms with Gasteiger partial charge in [0.25, 0.3) is 0 Å². The van der Waals surface area contributed by atoms with Crippen molar-refractivity contribution < 1.29 is 23.8 Å². The van der Waals surface area contributed by atoms with Crippen LogP contribution in [0.2, 0.25) is 0 Å². The van der Waals surface area contributed by atoms with E-state index in [0.29, 0.717) is 37.7 Å². The Morgan fingerprint density at radius 3 is 2.19 bits per heavy atom. The Bertz CT molecular complexity index is 1130. The Morgan fingerprint density at radius 1 is 0.730 bits per heavy atom. The minimum atomic E-state index is -0.302. The van der Waals surface area contributed by atoms with E-state index in [1.54, 1.807) is 12.1 Å². The quantitative estimate of drug-likeness (QED) is 0.169. The van der Waals surface area contributed by atoms with Gasteiger partial charge < -0.3 is 24.8 Å². The van der Waals surface area contributed by atoms with Gasteiger partial charge in [0.1, 0.15) is 24.7 Å². The first-order valence-corrected chi connectivity index (χ1v) is 12.7. The van der Waals surface area contributed by atoms with Crippen LogP contribution >= 0.6 is 12.2 Å². The Hall–Kier alpha value is -3.91. The van der Waals surface area contributed by atoms with Gasteiger partial charge in [-0.2, -0.15) is 0 Å². The third-order valence-electron chi connectivity index (χ3n) is 5.24. The SMILES string of the molecule is O=C(CCCC(=O)OCCCc1ccccc1)NC(=S)Nc1ccccc1OCCOc1ccccc1. The molecule has 0 spiro atoms.